The Morgan fingerprint density at radius 2 is 1.67 bits per heavy atom. The highest BCUT2D eigenvalue weighted by Crippen LogP contribution is 2.34. The van der Waals surface area contributed by atoms with Gasteiger partial charge in [0.05, 0.1) is 11.4 Å². The van der Waals surface area contributed by atoms with Gasteiger partial charge in [-0.3, -0.25) is 4.79 Å². The minimum atomic E-state index is -0.0852. The second-order valence-electron chi connectivity index (χ2n) is 8.48. The van der Waals surface area contributed by atoms with Gasteiger partial charge in [-0.15, -0.1) is 0 Å². The van der Waals surface area contributed by atoms with Crippen molar-refractivity contribution in [3.63, 3.8) is 0 Å². The lowest BCUT2D eigenvalue weighted by Crippen LogP contribution is -2.12. The standard InChI is InChI=1S/C29H26N2O2/c1-18-16-23(20(3)31-26-13-8-7-12-22(26)25-14-9-15-30-25)29-24(17-18)27(32)19(2)28(33-29)21-10-5-4-6-11-21/h4-17,20,30-31H,1-3H3/t20-/m1/s1. The van der Waals surface area contributed by atoms with E-state index in [-0.39, 0.29) is 11.5 Å². The molecule has 3 aromatic carbocycles. The molecule has 0 unspecified atom stereocenters. The molecule has 2 aromatic heterocycles. The molecule has 0 bridgehead atoms. The Labute approximate surface area is 192 Å². The number of rotatable bonds is 5. The Balaban J connectivity index is 1.64. The lowest BCUT2D eigenvalue weighted by molar-refractivity contribution is 0.605. The van der Waals surface area contributed by atoms with Crippen molar-refractivity contribution in [3.05, 3.63) is 112 Å². The fraction of sp³-hybridized carbons (Fsp3) is 0.138. The summed E-state index contributed by atoms with van der Waals surface area (Å²) in [6, 6.07) is 26.0. The molecular formula is C29H26N2O2. The Hall–Kier alpha value is -4.05. The first-order chi connectivity index (χ1) is 16.0. The van der Waals surface area contributed by atoms with Crippen molar-refractivity contribution < 1.29 is 4.42 Å². The van der Waals surface area contributed by atoms with Gasteiger partial charge in [-0.1, -0.05) is 54.6 Å². The molecule has 2 heterocycles. The van der Waals surface area contributed by atoms with Crippen molar-refractivity contribution in [2.24, 2.45) is 0 Å². The van der Waals surface area contributed by atoms with Crippen LogP contribution in [-0.2, 0) is 0 Å². The number of nitrogens with one attached hydrogen (secondary N) is 2. The summed E-state index contributed by atoms with van der Waals surface area (Å²) < 4.78 is 6.46. The van der Waals surface area contributed by atoms with Gasteiger partial charge in [0, 0.05) is 39.8 Å². The van der Waals surface area contributed by atoms with E-state index in [2.05, 4.69) is 41.5 Å². The SMILES string of the molecule is Cc1cc([C@@H](C)Nc2ccccc2-c2ccc[nH]2)c2oc(-c3ccccc3)c(C)c(=O)c2c1. The third-order valence-electron chi connectivity index (χ3n) is 6.08. The van der Waals surface area contributed by atoms with Gasteiger partial charge in [-0.25, -0.2) is 0 Å². The molecule has 0 aliphatic rings. The molecule has 5 aromatic rings. The molecule has 4 heteroatoms. The quantitative estimate of drug-likeness (QED) is 0.306. The molecule has 0 aliphatic heterocycles. The van der Waals surface area contributed by atoms with Gasteiger partial charge in [-0.2, -0.15) is 0 Å². The van der Waals surface area contributed by atoms with Crippen LogP contribution in [0.15, 0.2) is 94.3 Å². The zero-order valence-corrected chi connectivity index (χ0v) is 19.0. The van der Waals surface area contributed by atoms with E-state index in [1.54, 1.807) is 0 Å². The zero-order valence-electron chi connectivity index (χ0n) is 19.0. The van der Waals surface area contributed by atoms with Crippen molar-refractivity contribution in [3.8, 4) is 22.6 Å². The average molecular weight is 435 g/mol. The summed E-state index contributed by atoms with van der Waals surface area (Å²) in [5.41, 5.74) is 7.32. The molecule has 33 heavy (non-hydrogen) atoms. The van der Waals surface area contributed by atoms with Crippen LogP contribution in [0.1, 0.15) is 29.7 Å². The van der Waals surface area contributed by atoms with Gasteiger partial charge in [-0.05, 0) is 50.6 Å². The molecule has 0 radical (unpaired) electrons. The largest absolute Gasteiger partial charge is 0.455 e. The zero-order chi connectivity index (χ0) is 22.9. The van der Waals surface area contributed by atoms with Crippen LogP contribution in [0.2, 0.25) is 0 Å². The number of aryl methyl sites for hydroxylation is 1. The summed E-state index contributed by atoms with van der Waals surface area (Å²) in [5.74, 6) is 0.622. The van der Waals surface area contributed by atoms with Gasteiger partial charge in [0.1, 0.15) is 11.3 Å². The number of benzene rings is 3. The molecule has 4 nitrogen and oxygen atoms in total. The number of fused-ring (bicyclic) bond motifs is 1. The predicted molar refractivity (Wildman–Crippen MR) is 136 cm³/mol. The van der Waals surface area contributed by atoms with Crippen LogP contribution < -0.4 is 10.7 Å². The van der Waals surface area contributed by atoms with E-state index in [1.807, 2.05) is 74.6 Å². The summed E-state index contributed by atoms with van der Waals surface area (Å²) in [6.07, 6.45) is 1.92. The van der Waals surface area contributed by atoms with Gasteiger partial charge in [0.15, 0.2) is 5.43 Å². The van der Waals surface area contributed by atoms with Crippen LogP contribution in [0.5, 0.6) is 0 Å². The first kappa shape index (κ1) is 20.8. The topological polar surface area (TPSA) is 58.0 Å². The van der Waals surface area contributed by atoms with Crippen molar-refractivity contribution in [1.82, 2.24) is 4.98 Å². The number of hydrogen-bond donors (Lipinski definition) is 2. The molecule has 0 saturated carbocycles. The third kappa shape index (κ3) is 3.85. The number of para-hydroxylation sites is 1. The van der Waals surface area contributed by atoms with E-state index in [9.17, 15) is 4.79 Å². The van der Waals surface area contributed by atoms with E-state index >= 15 is 0 Å². The Kier molecular flexibility index (Phi) is 5.35. The Bertz CT molecular complexity index is 1480. The molecule has 0 spiro atoms. The fourth-order valence-electron chi connectivity index (χ4n) is 4.41. The highest BCUT2D eigenvalue weighted by molar-refractivity contribution is 5.85. The minimum absolute atomic E-state index is 0.0130. The molecule has 0 saturated heterocycles. The summed E-state index contributed by atoms with van der Waals surface area (Å²) >= 11 is 0. The van der Waals surface area contributed by atoms with Crippen LogP contribution in [0.3, 0.4) is 0 Å². The first-order valence-corrected chi connectivity index (χ1v) is 11.2. The van der Waals surface area contributed by atoms with Crippen molar-refractivity contribution >= 4 is 16.7 Å². The monoisotopic (exact) mass is 434 g/mol. The van der Waals surface area contributed by atoms with Crippen LogP contribution >= 0.6 is 0 Å². The van der Waals surface area contributed by atoms with Crippen LogP contribution in [-0.4, -0.2) is 4.98 Å². The highest BCUT2D eigenvalue weighted by Gasteiger charge is 2.19. The molecule has 164 valence electrons. The summed E-state index contributed by atoms with van der Waals surface area (Å²) in [5, 5.41) is 4.26. The molecule has 5 rings (SSSR count). The van der Waals surface area contributed by atoms with Crippen molar-refractivity contribution in [2.75, 3.05) is 5.32 Å². The fourth-order valence-corrected chi connectivity index (χ4v) is 4.41. The lowest BCUT2D eigenvalue weighted by Gasteiger charge is -2.20. The van der Waals surface area contributed by atoms with Crippen molar-refractivity contribution in [2.45, 2.75) is 26.8 Å². The van der Waals surface area contributed by atoms with Gasteiger partial charge in [0.2, 0.25) is 0 Å². The molecule has 0 amide bonds. The highest BCUT2D eigenvalue weighted by atomic mass is 16.3. The minimum Gasteiger partial charge on any atom is -0.455 e. The maximum absolute atomic E-state index is 13.3. The smallest absolute Gasteiger partial charge is 0.196 e. The summed E-state index contributed by atoms with van der Waals surface area (Å²) in [4.78, 5) is 16.6. The lowest BCUT2D eigenvalue weighted by atomic mass is 9.98. The van der Waals surface area contributed by atoms with E-state index < -0.39 is 0 Å². The van der Waals surface area contributed by atoms with Crippen LogP contribution in [0.4, 0.5) is 5.69 Å². The number of hydrogen-bond acceptors (Lipinski definition) is 3. The molecule has 2 N–H and O–H groups in total. The molecule has 0 fully saturated rings. The van der Waals surface area contributed by atoms with Crippen molar-refractivity contribution in [1.29, 1.82) is 0 Å². The molecular weight excluding hydrogens is 408 g/mol. The van der Waals surface area contributed by atoms with Gasteiger partial charge >= 0.3 is 0 Å². The normalized spacial score (nSPS) is 12.1. The third-order valence-corrected chi connectivity index (χ3v) is 6.08. The Morgan fingerprint density at radius 3 is 2.42 bits per heavy atom. The van der Waals surface area contributed by atoms with E-state index in [4.69, 9.17) is 4.42 Å². The van der Waals surface area contributed by atoms with E-state index in [1.165, 1.54) is 0 Å². The number of H-pyrrole nitrogens is 1. The number of aromatic amines is 1. The Morgan fingerprint density at radius 1 is 0.909 bits per heavy atom. The van der Waals surface area contributed by atoms with Crippen LogP contribution in [0, 0.1) is 13.8 Å². The summed E-state index contributed by atoms with van der Waals surface area (Å²) in [6.45, 7) is 5.95. The number of aromatic nitrogens is 1. The average Bonchev–Trinajstić information content (AvgIpc) is 3.37. The van der Waals surface area contributed by atoms with E-state index in [0.717, 1.165) is 33.6 Å². The van der Waals surface area contributed by atoms with Gasteiger partial charge < -0.3 is 14.7 Å². The van der Waals surface area contributed by atoms with E-state index in [0.29, 0.717) is 22.3 Å². The van der Waals surface area contributed by atoms with Crippen LogP contribution in [0.25, 0.3) is 33.6 Å². The molecule has 0 aliphatic carbocycles. The second-order valence-corrected chi connectivity index (χ2v) is 8.48. The second kappa shape index (κ2) is 8.47. The predicted octanol–water partition coefficient (Wildman–Crippen LogP) is 7.25. The maximum atomic E-state index is 13.3. The summed E-state index contributed by atoms with van der Waals surface area (Å²) in [7, 11) is 0. The van der Waals surface area contributed by atoms with Gasteiger partial charge in [0.25, 0.3) is 0 Å². The first-order valence-electron chi connectivity index (χ1n) is 11.2. The number of anilines is 1. The maximum Gasteiger partial charge on any atom is 0.196 e. The molecule has 1 atom stereocenters.